The molecule has 21 heavy (non-hydrogen) atoms. The minimum Gasteiger partial charge on any atom is -0.393 e. The van der Waals surface area contributed by atoms with Crippen LogP contribution in [-0.2, 0) is 6.42 Å². The maximum Gasteiger partial charge on any atom is 0.265 e. The van der Waals surface area contributed by atoms with Crippen molar-refractivity contribution in [2.45, 2.75) is 6.42 Å². The predicted octanol–water partition coefficient (Wildman–Crippen LogP) is 4.04. The van der Waals surface area contributed by atoms with Crippen LogP contribution in [0.25, 0.3) is 9.40 Å². The molecule has 1 aromatic carbocycles. The Morgan fingerprint density at radius 2 is 1.95 bits per heavy atom. The number of thiocarbonyl (C=S) groups is 1. The molecule has 3 nitrogen and oxygen atoms in total. The zero-order valence-corrected chi connectivity index (χ0v) is 13.4. The summed E-state index contributed by atoms with van der Waals surface area (Å²) in [5.74, 6) is -0.0782. The summed E-state index contributed by atoms with van der Waals surface area (Å²) < 4.78 is 2.30. The molecule has 0 aliphatic carbocycles. The first kappa shape index (κ1) is 14.2. The van der Waals surface area contributed by atoms with Crippen molar-refractivity contribution >= 4 is 60.9 Å². The second-order valence-electron chi connectivity index (χ2n) is 4.55. The largest absolute Gasteiger partial charge is 0.393 e. The van der Waals surface area contributed by atoms with Crippen LogP contribution in [0.2, 0.25) is 0 Å². The van der Waals surface area contributed by atoms with Gasteiger partial charge in [0.25, 0.3) is 5.91 Å². The summed E-state index contributed by atoms with van der Waals surface area (Å²) in [6.45, 7) is 0. The number of nitrogens with two attached hydrogens (primary N) is 1. The van der Waals surface area contributed by atoms with E-state index in [1.54, 1.807) is 11.3 Å². The molecule has 3 rings (SSSR count). The number of hydrogen-bond donors (Lipinski definition) is 2. The van der Waals surface area contributed by atoms with Crippen LogP contribution in [0.1, 0.15) is 15.2 Å². The number of anilines is 1. The van der Waals surface area contributed by atoms with E-state index in [4.69, 9.17) is 18.0 Å². The average molecular weight is 332 g/mol. The molecule has 0 unspecified atom stereocenters. The fourth-order valence-corrected chi connectivity index (χ4v) is 4.15. The third kappa shape index (κ3) is 3.29. The molecule has 0 radical (unpaired) electrons. The van der Waals surface area contributed by atoms with Gasteiger partial charge in [0.1, 0.15) is 0 Å². The molecule has 0 fully saturated rings. The van der Waals surface area contributed by atoms with Crippen molar-refractivity contribution in [3.05, 3.63) is 52.2 Å². The zero-order valence-electron chi connectivity index (χ0n) is 11.0. The molecule has 0 spiro atoms. The Morgan fingerprint density at radius 1 is 1.19 bits per heavy atom. The summed E-state index contributed by atoms with van der Waals surface area (Å²) in [7, 11) is 0. The van der Waals surface area contributed by atoms with Gasteiger partial charge in [0.2, 0.25) is 0 Å². The number of fused-ring (bicyclic) bond motifs is 1. The summed E-state index contributed by atoms with van der Waals surface area (Å²) in [5.41, 5.74) is 7.32. The summed E-state index contributed by atoms with van der Waals surface area (Å²) in [5, 5.41) is 4.93. The highest BCUT2D eigenvalue weighted by atomic mass is 32.1. The fraction of sp³-hybridized carbons (Fsp3) is 0.0667. The standard InChI is InChI=1S/C15H12N2OS3/c16-14(19)7-9-1-3-10(4-2-9)17-15(18)13-8-12-11(21-13)5-6-20-12/h1-6,8H,7H2,(H2,16,19)(H,17,18). The minimum absolute atomic E-state index is 0.0782. The molecule has 106 valence electrons. The SMILES string of the molecule is NC(=S)Cc1ccc(NC(=O)c2cc3sccc3s2)cc1. The van der Waals surface area contributed by atoms with Gasteiger partial charge >= 0.3 is 0 Å². The minimum atomic E-state index is -0.0782. The molecule has 3 N–H and O–H groups in total. The van der Waals surface area contributed by atoms with Crippen LogP contribution in [0.15, 0.2) is 41.8 Å². The molecule has 0 atom stereocenters. The van der Waals surface area contributed by atoms with Gasteiger partial charge in [-0.15, -0.1) is 22.7 Å². The van der Waals surface area contributed by atoms with Crippen molar-refractivity contribution in [2.24, 2.45) is 5.73 Å². The molecule has 0 bridgehead atoms. The number of benzene rings is 1. The lowest BCUT2D eigenvalue weighted by atomic mass is 10.1. The van der Waals surface area contributed by atoms with Crippen LogP contribution in [-0.4, -0.2) is 10.9 Å². The van der Waals surface area contributed by atoms with Crippen LogP contribution in [0.5, 0.6) is 0 Å². The topological polar surface area (TPSA) is 55.1 Å². The maximum absolute atomic E-state index is 12.2. The van der Waals surface area contributed by atoms with Gasteiger partial charge in [0.15, 0.2) is 0 Å². The smallest absolute Gasteiger partial charge is 0.265 e. The van der Waals surface area contributed by atoms with E-state index in [-0.39, 0.29) is 5.91 Å². The second-order valence-corrected chi connectivity index (χ2v) is 7.11. The van der Waals surface area contributed by atoms with Crippen molar-refractivity contribution in [1.29, 1.82) is 0 Å². The highest BCUT2D eigenvalue weighted by molar-refractivity contribution is 7.80. The van der Waals surface area contributed by atoms with Crippen LogP contribution in [0.4, 0.5) is 5.69 Å². The molecule has 6 heteroatoms. The van der Waals surface area contributed by atoms with E-state index in [2.05, 4.69) is 5.32 Å². The van der Waals surface area contributed by atoms with Gasteiger partial charge in [-0.2, -0.15) is 0 Å². The molecule has 1 amide bonds. The van der Waals surface area contributed by atoms with Gasteiger partial charge < -0.3 is 11.1 Å². The lowest BCUT2D eigenvalue weighted by molar-refractivity contribution is 0.103. The monoisotopic (exact) mass is 332 g/mol. The first-order valence-electron chi connectivity index (χ1n) is 6.27. The Labute approximate surface area is 135 Å². The summed E-state index contributed by atoms with van der Waals surface area (Å²) >= 11 is 8.03. The highest BCUT2D eigenvalue weighted by Gasteiger charge is 2.11. The van der Waals surface area contributed by atoms with E-state index in [0.29, 0.717) is 11.4 Å². The number of nitrogens with one attached hydrogen (secondary N) is 1. The van der Waals surface area contributed by atoms with Gasteiger partial charge in [-0.25, -0.2) is 0 Å². The van der Waals surface area contributed by atoms with Gasteiger partial charge in [-0.3, -0.25) is 4.79 Å². The van der Waals surface area contributed by atoms with Gasteiger partial charge in [-0.1, -0.05) is 24.4 Å². The van der Waals surface area contributed by atoms with E-state index in [1.165, 1.54) is 11.3 Å². The van der Waals surface area contributed by atoms with Crippen molar-refractivity contribution < 1.29 is 4.79 Å². The molecule has 0 saturated carbocycles. The van der Waals surface area contributed by atoms with Gasteiger partial charge in [0.05, 0.1) is 9.87 Å². The maximum atomic E-state index is 12.2. The number of rotatable bonds is 4. The van der Waals surface area contributed by atoms with E-state index in [1.807, 2.05) is 41.8 Å². The van der Waals surface area contributed by atoms with E-state index < -0.39 is 0 Å². The third-order valence-electron chi connectivity index (χ3n) is 2.95. The van der Waals surface area contributed by atoms with Crippen LogP contribution >= 0.6 is 34.9 Å². The number of thiophene rings is 2. The Morgan fingerprint density at radius 3 is 2.62 bits per heavy atom. The van der Waals surface area contributed by atoms with Gasteiger partial charge in [0, 0.05) is 21.5 Å². The first-order chi connectivity index (χ1) is 10.1. The van der Waals surface area contributed by atoms with Crippen molar-refractivity contribution in [1.82, 2.24) is 0 Å². The zero-order chi connectivity index (χ0) is 14.8. The summed E-state index contributed by atoms with van der Waals surface area (Å²) in [6.07, 6.45) is 0.574. The normalized spacial score (nSPS) is 10.7. The van der Waals surface area contributed by atoms with Crippen molar-refractivity contribution in [2.75, 3.05) is 5.32 Å². The van der Waals surface area contributed by atoms with Gasteiger partial charge in [-0.05, 0) is 35.2 Å². The molecule has 0 aliphatic rings. The molecule has 2 heterocycles. The van der Waals surface area contributed by atoms with Crippen LogP contribution in [0.3, 0.4) is 0 Å². The summed E-state index contributed by atoms with van der Waals surface area (Å²) in [6, 6.07) is 11.5. The number of carbonyl (C=O) groups excluding carboxylic acids is 1. The Bertz CT molecular complexity index is 773. The van der Waals surface area contributed by atoms with E-state index >= 15 is 0 Å². The quantitative estimate of drug-likeness (QED) is 0.709. The van der Waals surface area contributed by atoms with E-state index in [9.17, 15) is 4.79 Å². The fourth-order valence-electron chi connectivity index (χ4n) is 1.98. The molecule has 2 aromatic heterocycles. The van der Waals surface area contributed by atoms with Crippen molar-refractivity contribution in [3.8, 4) is 0 Å². The molecular formula is C15H12N2OS3. The van der Waals surface area contributed by atoms with E-state index in [0.717, 1.165) is 25.5 Å². The average Bonchev–Trinajstić information content (AvgIpc) is 3.01. The number of amides is 1. The molecular weight excluding hydrogens is 320 g/mol. The predicted molar refractivity (Wildman–Crippen MR) is 94.6 cm³/mol. The molecule has 0 aliphatic heterocycles. The molecule has 0 saturated heterocycles. The summed E-state index contributed by atoms with van der Waals surface area (Å²) in [4.78, 5) is 13.4. The highest BCUT2D eigenvalue weighted by Crippen LogP contribution is 2.30. The number of hydrogen-bond acceptors (Lipinski definition) is 4. The first-order valence-corrected chi connectivity index (χ1v) is 8.38. The Balaban J connectivity index is 1.72. The Hall–Kier alpha value is -1.76. The van der Waals surface area contributed by atoms with Crippen LogP contribution in [0, 0.1) is 0 Å². The lowest BCUT2D eigenvalue weighted by Crippen LogP contribution is -2.12. The van der Waals surface area contributed by atoms with Crippen LogP contribution < -0.4 is 11.1 Å². The second kappa shape index (κ2) is 5.93. The Kier molecular flexibility index (Phi) is 4.01. The van der Waals surface area contributed by atoms with Crippen molar-refractivity contribution in [3.63, 3.8) is 0 Å². The molecule has 3 aromatic rings. The lowest BCUT2D eigenvalue weighted by Gasteiger charge is -2.05. The number of carbonyl (C=O) groups is 1. The third-order valence-corrected chi connectivity index (χ3v) is 5.19.